The second-order valence-corrected chi connectivity index (χ2v) is 11.4. The van der Waals surface area contributed by atoms with E-state index in [-0.39, 0.29) is 0 Å². The average Bonchev–Trinajstić information content (AvgIpc) is 2.93. The summed E-state index contributed by atoms with van der Waals surface area (Å²) in [5, 5.41) is 0. The predicted octanol–water partition coefficient (Wildman–Crippen LogP) is 11.5. The topological polar surface area (TPSA) is 9.23 Å². The van der Waals surface area contributed by atoms with E-state index in [2.05, 4.69) is 62.4 Å². The summed E-state index contributed by atoms with van der Waals surface area (Å²) in [6.45, 7) is 5.43. The van der Waals surface area contributed by atoms with Crippen molar-refractivity contribution in [3.8, 4) is 16.9 Å². The van der Waals surface area contributed by atoms with E-state index in [9.17, 15) is 0 Å². The summed E-state index contributed by atoms with van der Waals surface area (Å²) in [4.78, 5) is 0. The van der Waals surface area contributed by atoms with Crippen molar-refractivity contribution in [1.82, 2.24) is 0 Å². The summed E-state index contributed by atoms with van der Waals surface area (Å²) in [5.74, 6) is 2.75. The number of benzene rings is 2. The number of hydrogen-bond donors (Lipinski definition) is 0. The monoisotopic (exact) mass is 490 g/mol. The molecule has 0 aliphatic heterocycles. The molecule has 0 unspecified atom stereocenters. The van der Waals surface area contributed by atoms with Crippen LogP contribution in [0.1, 0.15) is 141 Å². The zero-order chi connectivity index (χ0) is 25.3. The highest BCUT2D eigenvalue weighted by Crippen LogP contribution is 2.38. The first kappa shape index (κ1) is 28.8. The van der Waals surface area contributed by atoms with Crippen LogP contribution in [-0.4, -0.2) is 6.61 Å². The fraction of sp³-hybridized carbons (Fsp3) is 0.657. The molecule has 36 heavy (non-hydrogen) atoms. The second-order valence-electron chi connectivity index (χ2n) is 11.4. The van der Waals surface area contributed by atoms with Crippen molar-refractivity contribution in [2.45, 2.75) is 135 Å². The van der Waals surface area contributed by atoms with Gasteiger partial charge in [-0.3, -0.25) is 0 Å². The van der Waals surface area contributed by atoms with E-state index in [4.69, 9.17) is 4.74 Å². The van der Waals surface area contributed by atoms with E-state index >= 15 is 0 Å². The van der Waals surface area contributed by atoms with Gasteiger partial charge in [0.05, 0.1) is 6.61 Å². The first-order valence-corrected chi connectivity index (χ1v) is 15.6. The van der Waals surface area contributed by atoms with Gasteiger partial charge >= 0.3 is 0 Å². The quantitative estimate of drug-likeness (QED) is 0.189. The van der Waals surface area contributed by atoms with E-state index in [0.29, 0.717) is 0 Å². The maximum absolute atomic E-state index is 6.01. The van der Waals surface area contributed by atoms with Gasteiger partial charge in [0.15, 0.2) is 0 Å². The van der Waals surface area contributed by atoms with Crippen molar-refractivity contribution in [1.29, 1.82) is 0 Å². The molecule has 0 heterocycles. The lowest BCUT2D eigenvalue weighted by Crippen LogP contribution is -2.13. The molecule has 3 rings (SSSR count). The maximum atomic E-state index is 6.01. The number of ether oxygens (including phenoxy) is 1. The van der Waals surface area contributed by atoms with Gasteiger partial charge in [-0.25, -0.2) is 0 Å². The Kier molecular flexibility index (Phi) is 14.1. The Morgan fingerprint density at radius 2 is 1.06 bits per heavy atom. The molecule has 0 N–H and O–H groups in total. The normalized spacial score (nSPS) is 17.8. The molecule has 200 valence electrons. The highest BCUT2D eigenvalue weighted by atomic mass is 16.5. The Labute approximate surface area is 223 Å². The molecule has 1 aliphatic carbocycles. The number of rotatable bonds is 18. The molecule has 0 aromatic heterocycles. The molecule has 1 heteroatoms. The summed E-state index contributed by atoms with van der Waals surface area (Å²) in [5.41, 5.74) is 4.14. The summed E-state index contributed by atoms with van der Waals surface area (Å²) in [6.07, 6.45) is 24.9. The first-order chi connectivity index (χ1) is 17.8. The average molecular weight is 491 g/mol. The van der Waals surface area contributed by atoms with Crippen LogP contribution in [0.25, 0.3) is 11.1 Å². The minimum Gasteiger partial charge on any atom is -0.494 e. The lowest BCUT2D eigenvalue weighted by molar-refractivity contribution is 0.303. The fourth-order valence-electron chi connectivity index (χ4n) is 5.94. The minimum atomic E-state index is 0.767. The van der Waals surface area contributed by atoms with E-state index in [1.807, 2.05) is 0 Å². The van der Waals surface area contributed by atoms with Gasteiger partial charge in [-0.05, 0) is 72.8 Å². The van der Waals surface area contributed by atoms with E-state index < -0.39 is 0 Å². The molecule has 1 aliphatic rings. The molecule has 0 radical (unpaired) electrons. The van der Waals surface area contributed by atoms with Crippen LogP contribution in [0.15, 0.2) is 48.5 Å². The molecule has 2 aromatic rings. The zero-order valence-corrected chi connectivity index (χ0v) is 23.6. The Morgan fingerprint density at radius 3 is 1.64 bits per heavy atom. The largest absolute Gasteiger partial charge is 0.494 e. The zero-order valence-electron chi connectivity index (χ0n) is 23.6. The second kappa shape index (κ2) is 17.7. The van der Waals surface area contributed by atoms with Crippen LogP contribution in [0.4, 0.5) is 0 Å². The predicted molar refractivity (Wildman–Crippen MR) is 158 cm³/mol. The van der Waals surface area contributed by atoms with Crippen molar-refractivity contribution in [3.05, 3.63) is 54.1 Å². The van der Waals surface area contributed by atoms with Crippen molar-refractivity contribution >= 4 is 0 Å². The van der Waals surface area contributed by atoms with Gasteiger partial charge < -0.3 is 4.74 Å². The van der Waals surface area contributed by atoms with Crippen LogP contribution in [-0.2, 0) is 0 Å². The molecule has 1 saturated carbocycles. The highest BCUT2D eigenvalue weighted by Gasteiger charge is 2.22. The Balaban J connectivity index is 1.30. The van der Waals surface area contributed by atoms with Crippen LogP contribution >= 0.6 is 0 Å². The van der Waals surface area contributed by atoms with Gasteiger partial charge in [0.2, 0.25) is 0 Å². The fourth-order valence-corrected chi connectivity index (χ4v) is 5.94. The molecule has 0 amide bonds. The minimum absolute atomic E-state index is 0.767. The lowest BCUT2D eigenvalue weighted by atomic mass is 9.77. The van der Waals surface area contributed by atoms with Crippen LogP contribution in [0.3, 0.4) is 0 Å². The summed E-state index contributed by atoms with van der Waals surface area (Å²) < 4.78 is 6.01. The molecule has 0 spiro atoms. The molecule has 0 saturated heterocycles. The van der Waals surface area contributed by atoms with Gasteiger partial charge in [0.25, 0.3) is 0 Å². The van der Waals surface area contributed by atoms with Crippen molar-refractivity contribution < 1.29 is 4.74 Å². The lowest BCUT2D eigenvalue weighted by Gasteiger charge is -2.29. The maximum Gasteiger partial charge on any atom is 0.119 e. The van der Waals surface area contributed by atoms with Crippen molar-refractivity contribution in [2.24, 2.45) is 5.92 Å². The Morgan fingerprint density at radius 1 is 0.556 bits per heavy atom. The Hall–Kier alpha value is -1.76. The van der Waals surface area contributed by atoms with Gasteiger partial charge in [0.1, 0.15) is 5.75 Å². The molecular formula is C35H54O. The third-order valence-electron chi connectivity index (χ3n) is 8.40. The van der Waals surface area contributed by atoms with Gasteiger partial charge in [-0.2, -0.15) is 0 Å². The molecule has 1 nitrogen and oxygen atoms in total. The van der Waals surface area contributed by atoms with Crippen molar-refractivity contribution in [2.75, 3.05) is 6.61 Å². The summed E-state index contributed by atoms with van der Waals surface area (Å²) >= 11 is 0. The van der Waals surface area contributed by atoms with Crippen molar-refractivity contribution in [3.63, 3.8) is 0 Å². The van der Waals surface area contributed by atoms with E-state index in [1.165, 1.54) is 127 Å². The number of hydrogen-bond acceptors (Lipinski definition) is 1. The number of unbranched alkanes of at least 4 members (excludes halogenated alkanes) is 11. The van der Waals surface area contributed by atoms with Gasteiger partial charge in [-0.1, -0.05) is 134 Å². The summed E-state index contributed by atoms with van der Waals surface area (Å²) in [7, 11) is 0. The SMILES string of the molecule is CCCCCCCCCCCCOc1ccc(-c2ccc(C3CCC(CCCCC)CC3)cc2)cc1. The van der Waals surface area contributed by atoms with E-state index in [0.717, 1.165) is 24.2 Å². The third kappa shape index (κ3) is 10.7. The van der Waals surface area contributed by atoms with Crippen LogP contribution in [0, 0.1) is 5.92 Å². The first-order valence-electron chi connectivity index (χ1n) is 15.6. The molecule has 0 atom stereocenters. The Bertz CT molecular complexity index is 782. The van der Waals surface area contributed by atoms with Gasteiger partial charge in [-0.15, -0.1) is 0 Å². The smallest absolute Gasteiger partial charge is 0.119 e. The molecule has 1 fully saturated rings. The van der Waals surface area contributed by atoms with Gasteiger partial charge in [0, 0.05) is 0 Å². The molecule has 2 aromatic carbocycles. The van der Waals surface area contributed by atoms with Crippen LogP contribution in [0.2, 0.25) is 0 Å². The standard InChI is InChI=1S/C35H54O/c1-3-5-7-8-9-10-11-12-13-15-29-36-35-27-25-34(26-28-35)33-23-21-32(22-24-33)31-19-17-30(18-20-31)16-14-6-4-2/h21-28,30-31H,3-20,29H2,1-2H3. The highest BCUT2D eigenvalue weighted by molar-refractivity contribution is 5.64. The van der Waals surface area contributed by atoms with Crippen LogP contribution in [0.5, 0.6) is 5.75 Å². The third-order valence-corrected chi connectivity index (χ3v) is 8.40. The molecular weight excluding hydrogens is 436 g/mol. The molecule has 0 bridgehead atoms. The van der Waals surface area contributed by atoms with Crippen LogP contribution < -0.4 is 4.74 Å². The summed E-state index contributed by atoms with van der Waals surface area (Å²) in [6, 6.07) is 18.1. The van der Waals surface area contributed by atoms with E-state index in [1.54, 1.807) is 5.56 Å².